The molecule has 2 aromatic carbocycles. The van der Waals surface area contributed by atoms with Crippen molar-refractivity contribution in [1.29, 1.82) is 0 Å². The maximum atomic E-state index is 11.6. The monoisotopic (exact) mass is 310 g/mol. The molecule has 0 aliphatic rings. The van der Waals surface area contributed by atoms with Crippen LogP contribution in [-0.4, -0.2) is 26.2 Å². The Morgan fingerprint density at radius 2 is 1.57 bits per heavy atom. The molecule has 5 heteroatoms. The molecule has 0 aliphatic carbocycles. The minimum atomic E-state index is -0.419. The molecule has 116 valence electrons. The number of hydrogen-bond donors (Lipinski definition) is 0. The van der Waals surface area contributed by atoms with E-state index >= 15 is 0 Å². The van der Waals surface area contributed by atoms with Crippen molar-refractivity contribution < 1.29 is 23.5 Å². The minimum Gasteiger partial charge on any atom is -0.465 e. The van der Waals surface area contributed by atoms with Gasteiger partial charge in [0.05, 0.1) is 25.3 Å². The standard InChI is InChI=1S/C18H14O5/c1-21-17(19)13-5-3-4-11(8-13)15-9-12-6-7-14(18(20)22-2)10-16(12)23-15/h3-10H,1-2H3. The average Bonchev–Trinajstić information content (AvgIpc) is 3.03. The Labute approximate surface area is 132 Å². The first-order chi connectivity index (χ1) is 11.1. The Bertz CT molecular complexity index is 891. The van der Waals surface area contributed by atoms with E-state index in [-0.39, 0.29) is 0 Å². The molecule has 3 rings (SSSR count). The van der Waals surface area contributed by atoms with Crippen LogP contribution in [0.4, 0.5) is 0 Å². The molecule has 0 bridgehead atoms. The summed E-state index contributed by atoms with van der Waals surface area (Å²) in [5, 5.41) is 0.858. The largest absolute Gasteiger partial charge is 0.465 e. The number of carbonyl (C=O) groups excluding carboxylic acids is 2. The highest BCUT2D eigenvalue weighted by molar-refractivity contribution is 5.95. The molecule has 1 aromatic heterocycles. The minimum absolute atomic E-state index is 0.407. The smallest absolute Gasteiger partial charge is 0.337 e. The van der Waals surface area contributed by atoms with Crippen molar-refractivity contribution in [3.63, 3.8) is 0 Å². The van der Waals surface area contributed by atoms with Gasteiger partial charge in [-0.25, -0.2) is 9.59 Å². The SMILES string of the molecule is COC(=O)c1cccc(-c2cc3ccc(C(=O)OC)cc3o2)c1. The molecule has 1 heterocycles. The second-order valence-electron chi connectivity index (χ2n) is 4.93. The molecule has 0 N–H and O–H groups in total. The summed E-state index contributed by atoms with van der Waals surface area (Å²) in [4.78, 5) is 23.2. The second kappa shape index (κ2) is 5.96. The van der Waals surface area contributed by atoms with Gasteiger partial charge in [-0.2, -0.15) is 0 Å². The molecule has 5 nitrogen and oxygen atoms in total. The first-order valence-electron chi connectivity index (χ1n) is 6.93. The molecule has 0 spiro atoms. The van der Waals surface area contributed by atoms with Gasteiger partial charge in [0.25, 0.3) is 0 Å². The molecule has 0 fully saturated rings. The number of fused-ring (bicyclic) bond motifs is 1. The molecular weight excluding hydrogens is 296 g/mol. The van der Waals surface area contributed by atoms with Crippen LogP contribution in [0.25, 0.3) is 22.3 Å². The van der Waals surface area contributed by atoms with Crippen LogP contribution in [0.2, 0.25) is 0 Å². The van der Waals surface area contributed by atoms with E-state index < -0.39 is 11.9 Å². The van der Waals surface area contributed by atoms with Gasteiger partial charge >= 0.3 is 11.9 Å². The van der Waals surface area contributed by atoms with Crippen molar-refractivity contribution in [2.75, 3.05) is 14.2 Å². The van der Waals surface area contributed by atoms with Gasteiger partial charge in [-0.15, -0.1) is 0 Å². The Morgan fingerprint density at radius 1 is 0.870 bits per heavy atom. The summed E-state index contributed by atoms with van der Waals surface area (Å²) in [6.07, 6.45) is 0. The molecule has 3 aromatic rings. The number of furan rings is 1. The summed E-state index contributed by atoms with van der Waals surface area (Å²) in [5.41, 5.74) is 2.19. The van der Waals surface area contributed by atoms with Crippen molar-refractivity contribution in [1.82, 2.24) is 0 Å². The molecule has 0 atom stereocenters. The van der Waals surface area contributed by atoms with Gasteiger partial charge in [0.2, 0.25) is 0 Å². The Kier molecular flexibility index (Phi) is 3.85. The van der Waals surface area contributed by atoms with Crippen molar-refractivity contribution in [2.45, 2.75) is 0 Å². The molecule has 0 saturated heterocycles. The Hall–Kier alpha value is -3.08. The predicted molar refractivity (Wildman–Crippen MR) is 84.3 cm³/mol. The van der Waals surface area contributed by atoms with E-state index in [1.54, 1.807) is 36.4 Å². The Morgan fingerprint density at radius 3 is 2.26 bits per heavy atom. The fraction of sp³-hybridized carbons (Fsp3) is 0.111. The van der Waals surface area contributed by atoms with E-state index in [2.05, 4.69) is 0 Å². The van der Waals surface area contributed by atoms with Crippen LogP contribution >= 0.6 is 0 Å². The highest BCUT2D eigenvalue weighted by Crippen LogP contribution is 2.29. The molecule has 0 aliphatic heterocycles. The van der Waals surface area contributed by atoms with Gasteiger partial charge in [-0.1, -0.05) is 18.2 Å². The number of esters is 2. The van der Waals surface area contributed by atoms with Crippen LogP contribution in [0.15, 0.2) is 52.9 Å². The zero-order valence-corrected chi connectivity index (χ0v) is 12.7. The third kappa shape index (κ3) is 2.81. The fourth-order valence-electron chi connectivity index (χ4n) is 2.34. The lowest BCUT2D eigenvalue weighted by molar-refractivity contribution is 0.0592. The molecule has 23 heavy (non-hydrogen) atoms. The van der Waals surface area contributed by atoms with Crippen LogP contribution < -0.4 is 0 Å². The number of rotatable bonds is 3. The summed E-state index contributed by atoms with van der Waals surface area (Å²) in [5.74, 6) is -0.221. The maximum absolute atomic E-state index is 11.6. The van der Waals surface area contributed by atoms with Crippen molar-refractivity contribution >= 4 is 22.9 Å². The third-order valence-corrected chi connectivity index (χ3v) is 3.51. The number of carbonyl (C=O) groups is 2. The first-order valence-corrected chi connectivity index (χ1v) is 6.93. The summed E-state index contributed by atoms with van der Waals surface area (Å²) in [6.45, 7) is 0. The number of ether oxygens (including phenoxy) is 2. The highest BCUT2D eigenvalue weighted by Gasteiger charge is 2.12. The molecular formula is C18H14O5. The normalized spacial score (nSPS) is 10.5. The highest BCUT2D eigenvalue weighted by atomic mass is 16.5. The topological polar surface area (TPSA) is 65.7 Å². The van der Waals surface area contributed by atoms with Crippen LogP contribution in [-0.2, 0) is 9.47 Å². The number of hydrogen-bond acceptors (Lipinski definition) is 5. The van der Waals surface area contributed by atoms with E-state index in [1.807, 2.05) is 12.1 Å². The van der Waals surface area contributed by atoms with Gasteiger partial charge < -0.3 is 13.9 Å². The third-order valence-electron chi connectivity index (χ3n) is 3.51. The number of methoxy groups -OCH3 is 2. The molecule has 0 saturated carbocycles. The second-order valence-corrected chi connectivity index (χ2v) is 4.93. The summed E-state index contributed by atoms with van der Waals surface area (Å²) >= 11 is 0. The lowest BCUT2D eigenvalue weighted by Gasteiger charge is -2.01. The zero-order valence-electron chi connectivity index (χ0n) is 12.7. The summed E-state index contributed by atoms with van der Waals surface area (Å²) in [6, 6.07) is 13.9. The Balaban J connectivity index is 2.03. The lowest BCUT2D eigenvalue weighted by Crippen LogP contribution is -2.00. The maximum Gasteiger partial charge on any atom is 0.337 e. The van der Waals surface area contributed by atoms with E-state index in [0.717, 1.165) is 10.9 Å². The van der Waals surface area contributed by atoms with Crippen molar-refractivity contribution in [3.05, 3.63) is 59.7 Å². The molecule has 0 amide bonds. The lowest BCUT2D eigenvalue weighted by atomic mass is 10.1. The van der Waals surface area contributed by atoms with Gasteiger partial charge in [0, 0.05) is 10.9 Å². The van der Waals surface area contributed by atoms with E-state index in [1.165, 1.54) is 14.2 Å². The van der Waals surface area contributed by atoms with Crippen LogP contribution in [0, 0.1) is 0 Å². The predicted octanol–water partition coefficient (Wildman–Crippen LogP) is 3.67. The van der Waals surface area contributed by atoms with Crippen molar-refractivity contribution in [2.24, 2.45) is 0 Å². The summed E-state index contributed by atoms with van der Waals surface area (Å²) < 4.78 is 15.2. The first kappa shape index (κ1) is 14.8. The van der Waals surface area contributed by atoms with Crippen LogP contribution in [0.1, 0.15) is 20.7 Å². The van der Waals surface area contributed by atoms with E-state index in [0.29, 0.717) is 22.5 Å². The van der Waals surface area contributed by atoms with Gasteiger partial charge in [0.1, 0.15) is 11.3 Å². The zero-order chi connectivity index (χ0) is 16.4. The van der Waals surface area contributed by atoms with Gasteiger partial charge in [-0.3, -0.25) is 0 Å². The van der Waals surface area contributed by atoms with Crippen LogP contribution in [0.3, 0.4) is 0 Å². The van der Waals surface area contributed by atoms with Gasteiger partial charge in [0.15, 0.2) is 0 Å². The van der Waals surface area contributed by atoms with Gasteiger partial charge in [-0.05, 0) is 30.3 Å². The van der Waals surface area contributed by atoms with Crippen LogP contribution in [0.5, 0.6) is 0 Å². The van der Waals surface area contributed by atoms with E-state index in [9.17, 15) is 9.59 Å². The number of benzene rings is 2. The summed E-state index contributed by atoms with van der Waals surface area (Å²) in [7, 11) is 2.67. The molecule has 0 unspecified atom stereocenters. The van der Waals surface area contributed by atoms with Crippen molar-refractivity contribution in [3.8, 4) is 11.3 Å². The fourth-order valence-corrected chi connectivity index (χ4v) is 2.34. The van der Waals surface area contributed by atoms with E-state index in [4.69, 9.17) is 13.9 Å². The quantitative estimate of drug-likeness (QED) is 0.690. The average molecular weight is 310 g/mol. The molecule has 0 radical (unpaired) electrons.